The summed E-state index contributed by atoms with van der Waals surface area (Å²) in [4.78, 5) is 22.5. The fourth-order valence-electron chi connectivity index (χ4n) is 1.27. The quantitative estimate of drug-likeness (QED) is 0.800. The molecule has 0 radical (unpaired) electrons. The van der Waals surface area contributed by atoms with Gasteiger partial charge in [0.2, 0.25) is 0 Å². The molecular weight excluding hydrogens is 312 g/mol. The van der Waals surface area contributed by atoms with Crippen molar-refractivity contribution in [2.75, 3.05) is 5.32 Å². The van der Waals surface area contributed by atoms with Crippen LogP contribution in [0.1, 0.15) is 31.1 Å². The average molecular weight is 324 g/mol. The van der Waals surface area contributed by atoms with E-state index in [1.807, 2.05) is 0 Å². The lowest BCUT2D eigenvalue weighted by Gasteiger charge is -2.20. The maximum atomic E-state index is 13.5. The molecule has 0 unspecified atom stereocenters. The molecule has 8 heteroatoms. The third-order valence-corrected chi connectivity index (χ3v) is 2.77. The van der Waals surface area contributed by atoms with E-state index in [2.05, 4.69) is 5.32 Å². The summed E-state index contributed by atoms with van der Waals surface area (Å²) in [5, 5.41) is 10.2. The Hall–Kier alpha value is -1.53. The van der Waals surface area contributed by atoms with Crippen LogP contribution in [0.5, 0.6) is 0 Å². The first-order valence-corrected chi connectivity index (χ1v) is 6.19. The number of nitrogens with one attached hydrogen (secondary N) is 1. The summed E-state index contributed by atoms with van der Waals surface area (Å²) in [5.41, 5.74) is -1.65. The van der Waals surface area contributed by atoms with E-state index in [0.29, 0.717) is 6.07 Å². The summed E-state index contributed by atoms with van der Waals surface area (Å²) in [5.74, 6) is -2.46. The van der Waals surface area contributed by atoms with Gasteiger partial charge in [0.05, 0.1) is 16.3 Å². The van der Waals surface area contributed by atoms with Crippen LogP contribution >= 0.6 is 23.2 Å². The minimum Gasteiger partial charge on any atom is -0.478 e. The number of anilines is 1. The number of rotatable bonds is 2. The highest BCUT2D eigenvalue weighted by molar-refractivity contribution is 6.41. The molecule has 0 aliphatic heterocycles. The molecule has 20 heavy (non-hydrogen) atoms. The number of carboxylic acids is 1. The SMILES string of the molecule is CC(C)(C)OC(=O)Nc1c(Cl)c(F)cc(C(=O)O)c1Cl. The molecule has 0 aliphatic rings. The van der Waals surface area contributed by atoms with Crippen molar-refractivity contribution in [1.29, 1.82) is 0 Å². The van der Waals surface area contributed by atoms with Gasteiger partial charge in [-0.05, 0) is 26.8 Å². The number of carbonyl (C=O) groups is 2. The fourth-order valence-corrected chi connectivity index (χ4v) is 1.80. The van der Waals surface area contributed by atoms with Crippen LogP contribution in [0.3, 0.4) is 0 Å². The summed E-state index contributed by atoms with van der Waals surface area (Å²) in [6.07, 6.45) is -0.928. The molecule has 2 N–H and O–H groups in total. The first-order valence-electron chi connectivity index (χ1n) is 5.43. The first-order chi connectivity index (χ1) is 9.03. The van der Waals surface area contributed by atoms with Crippen molar-refractivity contribution < 1.29 is 23.8 Å². The van der Waals surface area contributed by atoms with Gasteiger partial charge in [-0.25, -0.2) is 14.0 Å². The molecule has 0 spiro atoms. The van der Waals surface area contributed by atoms with Crippen LogP contribution < -0.4 is 5.32 Å². The minimum absolute atomic E-state index is 0.347. The van der Waals surface area contributed by atoms with Crippen molar-refractivity contribution in [3.8, 4) is 0 Å². The Bertz CT molecular complexity index is 570. The Kier molecular flexibility index (Phi) is 4.83. The number of carboxylic acid groups (broad SMARTS) is 1. The number of ether oxygens (including phenoxy) is 1. The normalized spacial score (nSPS) is 11.1. The van der Waals surface area contributed by atoms with Crippen molar-refractivity contribution in [2.45, 2.75) is 26.4 Å². The van der Waals surface area contributed by atoms with E-state index in [-0.39, 0.29) is 10.7 Å². The molecule has 1 aromatic carbocycles. The second-order valence-corrected chi connectivity index (χ2v) is 5.60. The molecule has 1 rings (SSSR count). The van der Waals surface area contributed by atoms with E-state index in [1.54, 1.807) is 20.8 Å². The maximum Gasteiger partial charge on any atom is 0.412 e. The van der Waals surface area contributed by atoms with Gasteiger partial charge in [-0.15, -0.1) is 0 Å². The second kappa shape index (κ2) is 5.85. The number of carbonyl (C=O) groups excluding carboxylic acids is 1. The van der Waals surface area contributed by atoms with E-state index in [4.69, 9.17) is 33.0 Å². The van der Waals surface area contributed by atoms with E-state index in [9.17, 15) is 14.0 Å². The van der Waals surface area contributed by atoms with Crippen LogP contribution in [0.4, 0.5) is 14.9 Å². The van der Waals surface area contributed by atoms with Crippen LogP contribution in [0.2, 0.25) is 10.0 Å². The van der Waals surface area contributed by atoms with E-state index in [0.717, 1.165) is 0 Å². The molecule has 0 aromatic heterocycles. The molecular formula is C12H12Cl2FNO4. The van der Waals surface area contributed by atoms with Gasteiger partial charge in [-0.1, -0.05) is 23.2 Å². The zero-order valence-corrected chi connectivity index (χ0v) is 12.4. The number of hydrogen-bond donors (Lipinski definition) is 2. The monoisotopic (exact) mass is 323 g/mol. The standard InChI is InChI=1S/C12H12Cl2FNO4/c1-12(2,3)20-11(19)16-9-7(13)5(10(17)18)4-6(15)8(9)14/h4H,1-3H3,(H,16,19)(H,17,18). The molecule has 0 aliphatic carbocycles. The molecule has 0 saturated heterocycles. The molecule has 1 aromatic rings. The molecule has 0 heterocycles. The lowest BCUT2D eigenvalue weighted by Crippen LogP contribution is -2.27. The molecule has 1 amide bonds. The molecule has 0 fully saturated rings. The predicted octanol–water partition coefficient (Wildman–Crippen LogP) is 4.18. The van der Waals surface area contributed by atoms with Crippen molar-refractivity contribution in [3.05, 3.63) is 27.5 Å². The van der Waals surface area contributed by atoms with Gasteiger partial charge in [0.1, 0.15) is 16.4 Å². The number of amides is 1. The van der Waals surface area contributed by atoms with Gasteiger partial charge in [0.25, 0.3) is 0 Å². The third-order valence-electron chi connectivity index (χ3n) is 2.01. The summed E-state index contributed by atoms with van der Waals surface area (Å²) in [7, 11) is 0. The fraction of sp³-hybridized carbons (Fsp3) is 0.333. The Morgan fingerprint density at radius 2 is 1.85 bits per heavy atom. The van der Waals surface area contributed by atoms with Crippen LogP contribution in [0.25, 0.3) is 0 Å². The highest BCUT2D eigenvalue weighted by atomic mass is 35.5. The van der Waals surface area contributed by atoms with Gasteiger partial charge in [0.15, 0.2) is 0 Å². The molecule has 5 nitrogen and oxygen atoms in total. The Labute approximate surface area is 124 Å². The zero-order valence-electron chi connectivity index (χ0n) is 10.9. The van der Waals surface area contributed by atoms with Crippen LogP contribution in [-0.4, -0.2) is 22.8 Å². The smallest absolute Gasteiger partial charge is 0.412 e. The van der Waals surface area contributed by atoms with E-state index in [1.165, 1.54) is 0 Å². The molecule has 110 valence electrons. The topological polar surface area (TPSA) is 75.6 Å². The lowest BCUT2D eigenvalue weighted by atomic mass is 10.2. The van der Waals surface area contributed by atoms with Gasteiger partial charge >= 0.3 is 12.1 Å². The maximum absolute atomic E-state index is 13.5. The Balaban J connectivity index is 3.18. The largest absolute Gasteiger partial charge is 0.478 e. The Morgan fingerprint density at radius 3 is 2.30 bits per heavy atom. The average Bonchev–Trinajstić information content (AvgIpc) is 2.26. The second-order valence-electron chi connectivity index (χ2n) is 4.84. The summed E-state index contributed by atoms with van der Waals surface area (Å²) < 4.78 is 18.5. The summed E-state index contributed by atoms with van der Waals surface area (Å²) >= 11 is 11.5. The summed E-state index contributed by atoms with van der Waals surface area (Å²) in [6.45, 7) is 4.89. The highest BCUT2D eigenvalue weighted by Gasteiger charge is 2.23. The lowest BCUT2D eigenvalue weighted by molar-refractivity contribution is 0.0632. The van der Waals surface area contributed by atoms with Gasteiger partial charge in [-0.3, -0.25) is 5.32 Å². The molecule has 0 saturated carbocycles. The van der Waals surface area contributed by atoms with Gasteiger partial charge in [0, 0.05) is 0 Å². The van der Waals surface area contributed by atoms with Gasteiger partial charge in [-0.2, -0.15) is 0 Å². The summed E-state index contributed by atoms with van der Waals surface area (Å²) in [6, 6.07) is 0.674. The predicted molar refractivity (Wildman–Crippen MR) is 73.2 cm³/mol. The molecule has 0 bridgehead atoms. The van der Waals surface area contributed by atoms with Crippen molar-refractivity contribution >= 4 is 41.0 Å². The van der Waals surface area contributed by atoms with Gasteiger partial charge < -0.3 is 9.84 Å². The number of hydrogen-bond acceptors (Lipinski definition) is 3. The third kappa shape index (κ3) is 3.98. The first kappa shape index (κ1) is 16.5. The van der Waals surface area contributed by atoms with Crippen molar-refractivity contribution in [1.82, 2.24) is 0 Å². The zero-order chi connectivity index (χ0) is 15.7. The van der Waals surface area contributed by atoms with E-state index >= 15 is 0 Å². The molecule has 0 atom stereocenters. The number of aromatic carboxylic acids is 1. The van der Waals surface area contributed by atoms with E-state index < -0.39 is 34.1 Å². The van der Waals surface area contributed by atoms with Crippen molar-refractivity contribution in [3.63, 3.8) is 0 Å². The van der Waals surface area contributed by atoms with Crippen LogP contribution in [0, 0.1) is 5.82 Å². The number of halogens is 3. The van der Waals surface area contributed by atoms with Crippen LogP contribution in [-0.2, 0) is 4.74 Å². The Morgan fingerprint density at radius 1 is 1.30 bits per heavy atom. The van der Waals surface area contributed by atoms with Crippen LogP contribution in [0.15, 0.2) is 6.07 Å². The number of benzene rings is 1. The van der Waals surface area contributed by atoms with Crippen molar-refractivity contribution in [2.24, 2.45) is 0 Å². The minimum atomic E-state index is -1.45. The highest BCUT2D eigenvalue weighted by Crippen LogP contribution is 2.36.